The van der Waals surface area contributed by atoms with Crippen molar-refractivity contribution in [2.75, 3.05) is 0 Å². The summed E-state index contributed by atoms with van der Waals surface area (Å²) in [5.41, 5.74) is 0.909. The number of H-pyrrole nitrogens is 1. The van der Waals surface area contributed by atoms with Gasteiger partial charge in [-0.3, -0.25) is 14.6 Å². The Kier molecular flexibility index (Phi) is 5.34. The van der Waals surface area contributed by atoms with Gasteiger partial charge < -0.3 is 15.4 Å². The number of aromatic amines is 1. The third-order valence-corrected chi connectivity index (χ3v) is 4.56. The number of pyridine rings is 1. The van der Waals surface area contributed by atoms with E-state index in [2.05, 4.69) is 20.3 Å². The van der Waals surface area contributed by atoms with E-state index in [-0.39, 0.29) is 11.5 Å². The fourth-order valence-corrected chi connectivity index (χ4v) is 3.10. The minimum Gasteiger partial charge on any atom is -0.501 e. The average Bonchev–Trinajstić information content (AvgIpc) is 2.80. The maximum Gasteiger partial charge on any atom is 0.294 e. The average molecular weight is 398 g/mol. The molecule has 0 fully saturated rings. The molecule has 2 aromatic heterocycles. The molecule has 0 aliphatic rings. The topological polar surface area (TPSA) is 108 Å². The fourth-order valence-electron chi connectivity index (χ4n) is 3.10. The van der Waals surface area contributed by atoms with Gasteiger partial charge in [0.1, 0.15) is 5.69 Å². The van der Waals surface area contributed by atoms with E-state index in [1.807, 2.05) is 60.7 Å². The van der Waals surface area contributed by atoms with Gasteiger partial charge in [0.2, 0.25) is 5.75 Å². The SMILES string of the molecule is O=C(NC(c1ccccc1)c1ccccc1)c1nc(-c2ccccn2)[nH]c(=O)c1O. The van der Waals surface area contributed by atoms with E-state index in [9.17, 15) is 14.7 Å². The molecule has 1 amide bonds. The van der Waals surface area contributed by atoms with E-state index < -0.39 is 23.3 Å². The lowest BCUT2D eigenvalue weighted by molar-refractivity contribution is 0.0934. The molecule has 3 N–H and O–H groups in total. The van der Waals surface area contributed by atoms with Gasteiger partial charge in [0, 0.05) is 6.20 Å². The summed E-state index contributed by atoms with van der Waals surface area (Å²) in [5.74, 6) is -1.32. The molecule has 0 unspecified atom stereocenters. The molecular formula is C23H18N4O3. The summed E-state index contributed by atoms with van der Waals surface area (Å²) < 4.78 is 0. The van der Waals surface area contributed by atoms with Crippen LogP contribution in [0.3, 0.4) is 0 Å². The maximum absolute atomic E-state index is 13.1. The molecule has 0 spiro atoms. The lowest BCUT2D eigenvalue weighted by atomic mass is 9.98. The third-order valence-electron chi connectivity index (χ3n) is 4.56. The van der Waals surface area contributed by atoms with Crippen molar-refractivity contribution >= 4 is 5.91 Å². The first-order valence-corrected chi connectivity index (χ1v) is 9.29. The number of carbonyl (C=O) groups excluding carboxylic acids is 1. The van der Waals surface area contributed by atoms with Gasteiger partial charge in [0.05, 0.1) is 6.04 Å². The first kappa shape index (κ1) is 19.1. The summed E-state index contributed by atoms with van der Waals surface area (Å²) in [7, 11) is 0. The Morgan fingerprint density at radius 2 is 1.50 bits per heavy atom. The van der Waals surface area contributed by atoms with Gasteiger partial charge in [-0.05, 0) is 23.3 Å². The molecule has 2 heterocycles. The van der Waals surface area contributed by atoms with Crippen molar-refractivity contribution in [1.29, 1.82) is 0 Å². The Labute approximate surface area is 172 Å². The van der Waals surface area contributed by atoms with E-state index in [0.717, 1.165) is 11.1 Å². The van der Waals surface area contributed by atoms with Crippen LogP contribution in [0.5, 0.6) is 5.75 Å². The van der Waals surface area contributed by atoms with E-state index in [0.29, 0.717) is 5.69 Å². The summed E-state index contributed by atoms with van der Waals surface area (Å²) >= 11 is 0. The summed E-state index contributed by atoms with van der Waals surface area (Å²) in [6.07, 6.45) is 1.54. The van der Waals surface area contributed by atoms with Gasteiger partial charge >= 0.3 is 0 Å². The number of hydrogen-bond donors (Lipinski definition) is 3. The molecule has 4 rings (SSSR count). The maximum atomic E-state index is 13.1. The van der Waals surface area contributed by atoms with Crippen molar-refractivity contribution < 1.29 is 9.90 Å². The van der Waals surface area contributed by atoms with Crippen LogP contribution in [0.15, 0.2) is 89.9 Å². The number of rotatable bonds is 5. The number of nitrogens with zero attached hydrogens (tertiary/aromatic N) is 2. The summed E-state index contributed by atoms with van der Waals surface area (Å²) in [6, 6.07) is 23.4. The molecule has 0 saturated heterocycles. The zero-order chi connectivity index (χ0) is 20.9. The second kappa shape index (κ2) is 8.40. The molecule has 0 aliphatic carbocycles. The predicted octanol–water partition coefficient (Wildman–Crippen LogP) is 3.06. The first-order chi connectivity index (χ1) is 14.6. The second-order valence-electron chi connectivity index (χ2n) is 6.55. The molecule has 30 heavy (non-hydrogen) atoms. The van der Waals surface area contributed by atoms with Crippen molar-refractivity contribution in [3.63, 3.8) is 0 Å². The van der Waals surface area contributed by atoms with Crippen molar-refractivity contribution in [3.8, 4) is 17.3 Å². The summed E-state index contributed by atoms with van der Waals surface area (Å²) in [4.78, 5) is 36.0. The Bertz CT molecular complexity index is 1170. The van der Waals surface area contributed by atoms with Crippen LogP contribution in [-0.2, 0) is 0 Å². The minimum atomic E-state index is -0.813. The molecule has 0 aliphatic heterocycles. The normalized spacial score (nSPS) is 10.7. The van der Waals surface area contributed by atoms with Gasteiger partial charge in [-0.2, -0.15) is 0 Å². The Hall–Kier alpha value is -4.26. The van der Waals surface area contributed by atoms with Crippen molar-refractivity contribution in [1.82, 2.24) is 20.3 Å². The number of nitrogens with one attached hydrogen (secondary N) is 2. The van der Waals surface area contributed by atoms with Crippen molar-refractivity contribution in [2.24, 2.45) is 0 Å². The first-order valence-electron chi connectivity index (χ1n) is 9.29. The van der Waals surface area contributed by atoms with Crippen LogP contribution >= 0.6 is 0 Å². The monoisotopic (exact) mass is 398 g/mol. The zero-order valence-electron chi connectivity index (χ0n) is 15.8. The quantitative estimate of drug-likeness (QED) is 0.479. The highest BCUT2D eigenvalue weighted by Gasteiger charge is 2.23. The van der Waals surface area contributed by atoms with Crippen molar-refractivity contribution in [3.05, 3.63) is 112 Å². The Morgan fingerprint density at radius 3 is 2.07 bits per heavy atom. The molecule has 0 atom stereocenters. The third kappa shape index (κ3) is 3.95. The smallest absolute Gasteiger partial charge is 0.294 e. The fraction of sp³-hybridized carbons (Fsp3) is 0.0435. The lowest BCUT2D eigenvalue weighted by Crippen LogP contribution is -2.31. The molecule has 7 heteroatoms. The number of carbonyl (C=O) groups is 1. The molecular weight excluding hydrogens is 380 g/mol. The van der Waals surface area contributed by atoms with E-state index in [4.69, 9.17) is 0 Å². The number of aromatic nitrogens is 3. The van der Waals surface area contributed by atoms with Crippen LogP contribution in [0, 0.1) is 0 Å². The largest absolute Gasteiger partial charge is 0.501 e. The number of aromatic hydroxyl groups is 1. The molecule has 0 saturated carbocycles. The lowest BCUT2D eigenvalue weighted by Gasteiger charge is -2.20. The number of amides is 1. The second-order valence-corrected chi connectivity index (χ2v) is 6.55. The molecule has 7 nitrogen and oxygen atoms in total. The van der Waals surface area contributed by atoms with Gasteiger partial charge in [-0.15, -0.1) is 0 Å². The van der Waals surface area contributed by atoms with Gasteiger partial charge in [-0.25, -0.2) is 4.98 Å². The van der Waals surface area contributed by atoms with Crippen LogP contribution in [0.25, 0.3) is 11.5 Å². The highest BCUT2D eigenvalue weighted by atomic mass is 16.3. The number of benzene rings is 2. The molecule has 148 valence electrons. The predicted molar refractivity (Wildman–Crippen MR) is 112 cm³/mol. The van der Waals surface area contributed by atoms with E-state index in [1.165, 1.54) is 0 Å². The zero-order valence-corrected chi connectivity index (χ0v) is 15.8. The van der Waals surface area contributed by atoms with Crippen LogP contribution in [0.1, 0.15) is 27.7 Å². The molecule has 2 aromatic carbocycles. The van der Waals surface area contributed by atoms with Crippen LogP contribution in [-0.4, -0.2) is 26.0 Å². The van der Waals surface area contributed by atoms with Gasteiger partial charge in [0.15, 0.2) is 11.5 Å². The number of hydrogen-bond acceptors (Lipinski definition) is 5. The Balaban J connectivity index is 1.73. The van der Waals surface area contributed by atoms with Crippen LogP contribution in [0.4, 0.5) is 0 Å². The van der Waals surface area contributed by atoms with E-state index >= 15 is 0 Å². The molecule has 0 radical (unpaired) electrons. The van der Waals surface area contributed by atoms with Gasteiger partial charge in [-0.1, -0.05) is 66.7 Å². The molecule has 4 aromatic rings. The van der Waals surface area contributed by atoms with Gasteiger partial charge in [0.25, 0.3) is 11.5 Å². The van der Waals surface area contributed by atoms with E-state index in [1.54, 1.807) is 24.4 Å². The van der Waals surface area contributed by atoms with Crippen LogP contribution < -0.4 is 10.9 Å². The highest BCUT2D eigenvalue weighted by Crippen LogP contribution is 2.23. The summed E-state index contributed by atoms with van der Waals surface area (Å²) in [6.45, 7) is 0. The highest BCUT2D eigenvalue weighted by molar-refractivity contribution is 5.95. The summed E-state index contributed by atoms with van der Waals surface area (Å²) in [5, 5.41) is 13.1. The molecule has 0 bridgehead atoms. The van der Waals surface area contributed by atoms with Crippen LogP contribution in [0.2, 0.25) is 0 Å². The Morgan fingerprint density at radius 1 is 0.900 bits per heavy atom. The van der Waals surface area contributed by atoms with Crippen molar-refractivity contribution in [2.45, 2.75) is 6.04 Å². The minimum absolute atomic E-state index is 0.0968. The standard InChI is InChI=1S/C23H18N4O3/c28-20-19(25-21(27-23(20)30)17-13-7-8-14-24-17)22(29)26-18(15-9-3-1-4-10-15)16-11-5-2-6-12-16/h1-14,18,28H,(H,26,29)(H,25,27,30).